The van der Waals surface area contributed by atoms with Gasteiger partial charge in [-0.05, 0) is 69.9 Å². The van der Waals surface area contributed by atoms with Crippen LogP contribution in [0.3, 0.4) is 0 Å². The molecule has 1 aromatic carbocycles. The van der Waals surface area contributed by atoms with Gasteiger partial charge < -0.3 is 9.30 Å². The first-order valence-electron chi connectivity index (χ1n) is 8.94. The van der Waals surface area contributed by atoms with Crippen LogP contribution in [0.15, 0.2) is 29.2 Å². The summed E-state index contributed by atoms with van der Waals surface area (Å²) in [5, 5.41) is 0. The number of hydrogen-bond donors (Lipinski definition) is 0. The summed E-state index contributed by atoms with van der Waals surface area (Å²) in [6.45, 7) is 7.91. The Kier molecular flexibility index (Phi) is 5.56. The maximum Gasteiger partial charge on any atom is 0.316 e. The maximum atomic E-state index is 12.4. The van der Waals surface area contributed by atoms with Gasteiger partial charge in [-0.3, -0.25) is 9.59 Å². The fourth-order valence-electron chi connectivity index (χ4n) is 3.17. The molecule has 2 aromatic rings. The summed E-state index contributed by atoms with van der Waals surface area (Å²) in [5.74, 6) is -0.288. The van der Waals surface area contributed by atoms with Crippen LogP contribution >= 0.6 is 11.8 Å². The fourth-order valence-corrected chi connectivity index (χ4v) is 3.96. The number of thioether (sulfide) groups is 1. The van der Waals surface area contributed by atoms with E-state index < -0.39 is 0 Å². The summed E-state index contributed by atoms with van der Waals surface area (Å²) < 4.78 is 7.42. The first-order valence-corrected chi connectivity index (χ1v) is 9.92. The van der Waals surface area contributed by atoms with E-state index in [-0.39, 0.29) is 24.1 Å². The van der Waals surface area contributed by atoms with Gasteiger partial charge in [0.05, 0.1) is 5.75 Å². The highest BCUT2D eigenvalue weighted by Crippen LogP contribution is 2.38. The number of benzene rings is 1. The van der Waals surface area contributed by atoms with Crippen LogP contribution in [0.2, 0.25) is 0 Å². The average molecular weight is 372 g/mol. The lowest BCUT2D eigenvalue weighted by atomic mass is 10.1. The van der Waals surface area contributed by atoms with Crippen LogP contribution in [-0.4, -0.2) is 28.7 Å². The number of esters is 1. The quantitative estimate of drug-likeness (QED) is 0.406. The van der Waals surface area contributed by atoms with Gasteiger partial charge in [-0.15, -0.1) is 11.8 Å². The Labute approximate surface area is 158 Å². The largest absolute Gasteiger partial charge is 0.457 e. The van der Waals surface area contributed by atoms with E-state index in [1.165, 1.54) is 35.7 Å². The van der Waals surface area contributed by atoms with Crippen LogP contribution in [0, 0.1) is 27.7 Å². The smallest absolute Gasteiger partial charge is 0.316 e. The molecule has 0 atom stereocenters. The number of carbonyl (C=O) groups is 2. The number of ketones is 1. The predicted octanol–water partition coefficient (Wildman–Crippen LogP) is 4.57. The zero-order valence-electron chi connectivity index (χ0n) is 15.8. The third-order valence-corrected chi connectivity index (χ3v) is 5.86. The molecule has 1 aromatic heterocycles. The zero-order valence-corrected chi connectivity index (χ0v) is 16.6. The summed E-state index contributed by atoms with van der Waals surface area (Å²) >= 11 is 1.43. The molecule has 1 aliphatic carbocycles. The predicted molar refractivity (Wildman–Crippen MR) is 104 cm³/mol. The van der Waals surface area contributed by atoms with Crippen molar-refractivity contribution in [1.82, 2.24) is 4.57 Å². The van der Waals surface area contributed by atoms with Crippen LogP contribution < -0.4 is 0 Å². The Morgan fingerprint density at radius 3 is 2.50 bits per heavy atom. The van der Waals surface area contributed by atoms with Crippen molar-refractivity contribution in [3.63, 3.8) is 0 Å². The Morgan fingerprint density at radius 2 is 1.85 bits per heavy atom. The minimum absolute atomic E-state index is 0.130. The van der Waals surface area contributed by atoms with Crippen LogP contribution in [0.25, 0.3) is 0 Å². The molecule has 26 heavy (non-hydrogen) atoms. The van der Waals surface area contributed by atoms with Crippen molar-refractivity contribution in [2.45, 2.75) is 51.5 Å². The molecule has 1 saturated carbocycles. The Bertz CT molecular complexity index is 849. The number of aryl methyl sites for hydroxylation is 3. The SMILES string of the molecule is Cc1ccc(SCC(=O)OCC(=O)c2cc(C)n(C3CC3)c2C)cc1C. The second kappa shape index (κ2) is 7.70. The van der Waals surface area contributed by atoms with E-state index in [0.29, 0.717) is 11.6 Å². The number of Topliss-reactive ketones (excluding diaryl/α,β-unsaturated/α-hetero) is 1. The third-order valence-electron chi connectivity index (χ3n) is 4.90. The molecule has 4 nitrogen and oxygen atoms in total. The molecule has 0 bridgehead atoms. The molecular formula is C21H25NO3S. The highest BCUT2D eigenvalue weighted by molar-refractivity contribution is 8.00. The van der Waals surface area contributed by atoms with Crippen molar-refractivity contribution in [2.75, 3.05) is 12.4 Å². The molecule has 0 N–H and O–H groups in total. The summed E-state index contributed by atoms with van der Waals surface area (Å²) in [4.78, 5) is 25.4. The van der Waals surface area contributed by atoms with Crippen LogP contribution in [0.1, 0.15) is 51.8 Å². The molecule has 1 fully saturated rings. The lowest BCUT2D eigenvalue weighted by Gasteiger charge is -2.08. The minimum atomic E-state index is -0.363. The Balaban J connectivity index is 1.52. The number of rotatable bonds is 7. The van der Waals surface area contributed by atoms with Crippen molar-refractivity contribution < 1.29 is 14.3 Å². The molecule has 5 heteroatoms. The van der Waals surface area contributed by atoms with Gasteiger partial charge in [0.15, 0.2) is 6.61 Å². The zero-order chi connectivity index (χ0) is 18.8. The van der Waals surface area contributed by atoms with Crippen LogP contribution in [0.4, 0.5) is 0 Å². The van der Waals surface area contributed by atoms with Gasteiger partial charge in [0.2, 0.25) is 5.78 Å². The summed E-state index contributed by atoms with van der Waals surface area (Å²) in [6.07, 6.45) is 2.35. The highest BCUT2D eigenvalue weighted by Gasteiger charge is 2.28. The van der Waals surface area contributed by atoms with E-state index in [1.807, 2.05) is 32.0 Å². The Hall–Kier alpha value is -2.01. The molecule has 0 spiro atoms. The highest BCUT2D eigenvalue weighted by atomic mass is 32.2. The second-order valence-electron chi connectivity index (χ2n) is 7.00. The summed E-state index contributed by atoms with van der Waals surface area (Å²) in [7, 11) is 0. The molecular weight excluding hydrogens is 346 g/mol. The van der Waals surface area contributed by atoms with Crippen molar-refractivity contribution in [2.24, 2.45) is 0 Å². The number of hydrogen-bond acceptors (Lipinski definition) is 4. The average Bonchev–Trinajstić information content (AvgIpc) is 3.39. The molecule has 0 radical (unpaired) electrons. The number of aromatic nitrogens is 1. The van der Waals surface area contributed by atoms with E-state index in [2.05, 4.69) is 24.5 Å². The third kappa shape index (κ3) is 4.21. The summed E-state index contributed by atoms with van der Waals surface area (Å²) in [5.41, 5.74) is 5.18. The van der Waals surface area contributed by atoms with Crippen LogP contribution in [-0.2, 0) is 9.53 Å². The Morgan fingerprint density at radius 1 is 1.12 bits per heavy atom. The van der Waals surface area contributed by atoms with Gasteiger partial charge in [0.25, 0.3) is 0 Å². The minimum Gasteiger partial charge on any atom is -0.457 e. The van der Waals surface area contributed by atoms with Crippen molar-refractivity contribution in [3.8, 4) is 0 Å². The topological polar surface area (TPSA) is 48.3 Å². The first kappa shape index (κ1) is 18.8. The van der Waals surface area contributed by atoms with Gasteiger partial charge in [-0.2, -0.15) is 0 Å². The lowest BCUT2D eigenvalue weighted by molar-refractivity contribution is -0.139. The van der Waals surface area contributed by atoms with Crippen molar-refractivity contribution in [1.29, 1.82) is 0 Å². The standard InChI is InChI=1S/C21H25NO3S/c1-13-5-8-18(9-14(13)2)26-12-21(24)25-11-20(23)19-10-15(3)22(16(19)4)17-6-7-17/h5,8-10,17H,6-7,11-12H2,1-4H3. The molecule has 0 amide bonds. The van der Waals surface area contributed by atoms with Gasteiger partial charge in [0.1, 0.15) is 0 Å². The number of ether oxygens (including phenoxy) is 1. The fraction of sp³-hybridized carbons (Fsp3) is 0.429. The normalized spacial score (nSPS) is 13.7. The molecule has 1 aliphatic rings. The van der Waals surface area contributed by atoms with Gasteiger partial charge >= 0.3 is 5.97 Å². The van der Waals surface area contributed by atoms with Crippen LogP contribution in [0.5, 0.6) is 0 Å². The molecule has 0 aliphatic heterocycles. The first-order chi connectivity index (χ1) is 12.4. The van der Waals surface area contributed by atoms with E-state index in [0.717, 1.165) is 16.3 Å². The van der Waals surface area contributed by atoms with E-state index in [1.54, 1.807) is 0 Å². The maximum absolute atomic E-state index is 12.4. The molecule has 0 saturated heterocycles. The molecule has 1 heterocycles. The van der Waals surface area contributed by atoms with Crippen molar-refractivity contribution >= 4 is 23.5 Å². The molecule has 3 rings (SSSR count). The second-order valence-corrected chi connectivity index (χ2v) is 8.05. The van der Waals surface area contributed by atoms with E-state index in [4.69, 9.17) is 4.74 Å². The van der Waals surface area contributed by atoms with E-state index >= 15 is 0 Å². The van der Waals surface area contributed by atoms with Gasteiger partial charge in [0, 0.05) is 27.9 Å². The summed E-state index contributed by atoms with van der Waals surface area (Å²) in [6, 6.07) is 8.55. The number of nitrogens with zero attached hydrogens (tertiary/aromatic N) is 1. The molecule has 0 unspecified atom stereocenters. The molecule has 138 valence electrons. The van der Waals surface area contributed by atoms with E-state index in [9.17, 15) is 9.59 Å². The van der Waals surface area contributed by atoms with Gasteiger partial charge in [-0.25, -0.2) is 0 Å². The number of carbonyl (C=O) groups excluding carboxylic acids is 2. The monoisotopic (exact) mass is 371 g/mol. The van der Waals surface area contributed by atoms with Gasteiger partial charge in [-0.1, -0.05) is 6.07 Å². The van der Waals surface area contributed by atoms with Crippen molar-refractivity contribution in [3.05, 3.63) is 52.3 Å². The lowest BCUT2D eigenvalue weighted by Crippen LogP contribution is -2.16.